The summed E-state index contributed by atoms with van der Waals surface area (Å²) in [5.74, 6) is 0.364. The Labute approximate surface area is 71.4 Å². The molecule has 1 aliphatic rings. The highest BCUT2D eigenvalue weighted by Crippen LogP contribution is 2.17. The lowest BCUT2D eigenvalue weighted by Gasteiger charge is -2.17. The molecule has 0 aliphatic carbocycles. The van der Waals surface area contributed by atoms with Crippen LogP contribution in [0.5, 0.6) is 0 Å². The quantitative estimate of drug-likeness (QED) is 0.586. The molecule has 0 radical (unpaired) electrons. The molecule has 0 bridgehead atoms. The van der Waals surface area contributed by atoms with E-state index in [9.17, 15) is 4.79 Å². The minimum Gasteiger partial charge on any atom is -0.527 e. The lowest BCUT2D eigenvalue weighted by atomic mass is 10.7. The van der Waals surface area contributed by atoms with E-state index in [-0.39, 0.29) is 5.91 Å². The van der Waals surface area contributed by atoms with E-state index in [1.165, 1.54) is 11.8 Å². The molecule has 11 heavy (non-hydrogen) atoms. The van der Waals surface area contributed by atoms with Gasteiger partial charge < -0.3 is 4.43 Å². The van der Waals surface area contributed by atoms with Gasteiger partial charge in [-0.3, -0.25) is 4.79 Å². The zero-order chi connectivity index (χ0) is 8.48. The van der Waals surface area contributed by atoms with E-state index in [2.05, 4.69) is 24.6 Å². The van der Waals surface area contributed by atoms with Gasteiger partial charge in [-0.2, -0.15) is 4.99 Å². The predicted octanol–water partition coefficient (Wildman–Crippen LogP) is 1.47. The Morgan fingerprint density at radius 2 is 2.18 bits per heavy atom. The Kier molecular flexibility index (Phi) is 2.39. The summed E-state index contributed by atoms with van der Waals surface area (Å²) in [7, 11) is -1.56. The van der Waals surface area contributed by atoms with Crippen LogP contribution in [0.15, 0.2) is 4.99 Å². The van der Waals surface area contributed by atoms with Crippen molar-refractivity contribution in [3.63, 3.8) is 0 Å². The fourth-order valence-electron chi connectivity index (χ4n) is 0.604. The number of aliphatic imine (C=N–C) groups is 1. The van der Waals surface area contributed by atoms with Crippen LogP contribution in [0.4, 0.5) is 0 Å². The van der Waals surface area contributed by atoms with Gasteiger partial charge in [0.15, 0.2) is 0 Å². The van der Waals surface area contributed by atoms with Gasteiger partial charge in [-0.05, 0) is 19.6 Å². The summed E-state index contributed by atoms with van der Waals surface area (Å²) in [6.45, 7) is 6.20. The minimum absolute atomic E-state index is 0.0803. The molecule has 0 unspecified atom stereocenters. The number of hydrogen-bond acceptors (Lipinski definition) is 3. The molecule has 0 spiro atoms. The van der Waals surface area contributed by atoms with E-state index in [4.69, 9.17) is 4.43 Å². The number of carbonyl (C=O) groups excluding carboxylic acids is 1. The third-order valence-electron chi connectivity index (χ3n) is 0.929. The van der Waals surface area contributed by atoms with Gasteiger partial charge >= 0.3 is 0 Å². The average Bonchev–Trinajstić information content (AvgIpc) is 2.10. The Morgan fingerprint density at radius 3 is 2.55 bits per heavy atom. The van der Waals surface area contributed by atoms with E-state index < -0.39 is 8.32 Å². The van der Waals surface area contributed by atoms with E-state index in [1.54, 1.807) is 0 Å². The summed E-state index contributed by atoms with van der Waals surface area (Å²) >= 11 is 1.39. The number of carbonyl (C=O) groups is 1. The van der Waals surface area contributed by atoms with E-state index in [1.807, 2.05) is 0 Å². The molecule has 0 aromatic heterocycles. The number of hydrogen-bond donors (Lipinski definition) is 0. The van der Waals surface area contributed by atoms with Crippen molar-refractivity contribution in [1.29, 1.82) is 0 Å². The molecule has 0 aromatic rings. The van der Waals surface area contributed by atoms with Crippen molar-refractivity contribution in [2.75, 3.05) is 5.75 Å². The summed E-state index contributed by atoms with van der Waals surface area (Å²) in [4.78, 5) is 14.4. The van der Waals surface area contributed by atoms with Crippen LogP contribution in [0.1, 0.15) is 0 Å². The van der Waals surface area contributed by atoms with Crippen LogP contribution in [0.2, 0.25) is 19.6 Å². The average molecular weight is 189 g/mol. The molecule has 3 nitrogen and oxygen atoms in total. The van der Waals surface area contributed by atoms with Crippen LogP contribution in [0.3, 0.4) is 0 Å². The van der Waals surface area contributed by atoms with Gasteiger partial charge in [0, 0.05) is 0 Å². The van der Waals surface area contributed by atoms with Crippen molar-refractivity contribution in [2.45, 2.75) is 19.6 Å². The molecule has 0 saturated heterocycles. The summed E-state index contributed by atoms with van der Waals surface area (Å²) in [6, 6.07) is 0. The molecule has 62 valence electrons. The van der Waals surface area contributed by atoms with Crippen molar-refractivity contribution in [2.24, 2.45) is 4.99 Å². The molecule has 5 heteroatoms. The number of thioether (sulfide) groups is 1. The van der Waals surface area contributed by atoms with Crippen molar-refractivity contribution in [3.8, 4) is 0 Å². The fraction of sp³-hybridized carbons (Fsp3) is 0.667. The molecule has 0 fully saturated rings. The van der Waals surface area contributed by atoms with Crippen LogP contribution in [-0.4, -0.2) is 25.2 Å². The van der Waals surface area contributed by atoms with Gasteiger partial charge in [0.1, 0.15) is 0 Å². The zero-order valence-corrected chi connectivity index (χ0v) is 8.70. The first-order chi connectivity index (χ1) is 4.97. The maximum atomic E-state index is 10.7. The molecule has 0 atom stereocenters. The maximum absolute atomic E-state index is 10.7. The second-order valence-electron chi connectivity index (χ2n) is 3.27. The summed E-state index contributed by atoms with van der Waals surface area (Å²) in [5, 5.41) is 0.564. The fourth-order valence-corrected chi connectivity index (χ4v) is 2.64. The van der Waals surface area contributed by atoms with Gasteiger partial charge in [0.25, 0.3) is 5.91 Å². The van der Waals surface area contributed by atoms with Crippen molar-refractivity contribution in [1.82, 2.24) is 0 Å². The van der Waals surface area contributed by atoms with Gasteiger partial charge in [-0.25, -0.2) is 0 Å². The molecule has 1 rings (SSSR count). The zero-order valence-electron chi connectivity index (χ0n) is 6.88. The summed E-state index contributed by atoms with van der Waals surface area (Å²) < 4.78 is 5.50. The highest BCUT2D eigenvalue weighted by Gasteiger charge is 2.23. The SMILES string of the molecule is C[Si](C)(C)OC1=NC(=O)CS1. The van der Waals surface area contributed by atoms with E-state index in [0.717, 1.165) is 0 Å². The Morgan fingerprint density at radius 1 is 1.55 bits per heavy atom. The minimum atomic E-state index is -1.56. The van der Waals surface area contributed by atoms with Crippen LogP contribution < -0.4 is 0 Å². The van der Waals surface area contributed by atoms with Crippen LogP contribution >= 0.6 is 11.8 Å². The molecule has 1 heterocycles. The third-order valence-corrected chi connectivity index (χ3v) is 2.70. The highest BCUT2D eigenvalue weighted by atomic mass is 32.2. The molecular formula is C6H11NO2SSi. The molecular weight excluding hydrogens is 178 g/mol. The van der Waals surface area contributed by atoms with Gasteiger partial charge in [-0.15, -0.1) is 0 Å². The molecule has 0 N–H and O–H groups in total. The van der Waals surface area contributed by atoms with Crippen molar-refractivity contribution < 1.29 is 9.22 Å². The first-order valence-electron chi connectivity index (χ1n) is 3.41. The number of amides is 1. The number of rotatable bonds is 1. The van der Waals surface area contributed by atoms with Gasteiger partial charge in [0.05, 0.1) is 5.75 Å². The lowest BCUT2D eigenvalue weighted by Crippen LogP contribution is -2.27. The van der Waals surface area contributed by atoms with Crippen molar-refractivity contribution in [3.05, 3.63) is 0 Å². The summed E-state index contributed by atoms with van der Waals surface area (Å²) in [5.41, 5.74) is 0. The number of nitrogens with zero attached hydrogens (tertiary/aromatic N) is 1. The van der Waals surface area contributed by atoms with Crippen LogP contribution in [0, 0.1) is 0 Å². The first-order valence-corrected chi connectivity index (χ1v) is 7.80. The summed E-state index contributed by atoms with van der Waals surface area (Å²) in [6.07, 6.45) is 0. The smallest absolute Gasteiger partial charge is 0.259 e. The molecule has 1 aliphatic heterocycles. The standard InChI is InChI=1S/C6H11NO2SSi/c1-11(2,3)9-6-7-5(8)4-10-6/h4H2,1-3H3. The van der Waals surface area contributed by atoms with Crippen LogP contribution in [-0.2, 0) is 9.22 Å². The molecule has 0 saturated carbocycles. The maximum Gasteiger partial charge on any atom is 0.259 e. The Bertz CT molecular complexity index is 209. The second-order valence-corrected chi connectivity index (χ2v) is 8.63. The largest absolute Gasteiger partial charge is 0.527 e. The predicted molar refractivity (Wildman–Crippen MR) is 49.3 cm³/mol. The van der Waals surface area contributed by atoms with Gasteiger partial charge in [0.2, 0.25) is 13.5 Å². The molecule has 0 aromatic carbocycles. The normalized spacial score (nSPS) is 18.5. The highest BCUT2D eigenvalue weighted by molar-refractivity contribution is 8.14. The third kappa shape index (κ3) is 3.07. The van der Waals surface area contributed by atoms with Crippen molar-refractivity contribution >= 4 is 31.2 Å². The Hall–Kier alpha value is -0.293. The van der Waals surface area contributed by atoms with Crippen LogP contribution in [0.25, 0.3) is 0 Å². The molecule has 1 amide bonds. The van der Waals surface area contributed by atoms with Gasteiger partial charge in [-0.1, -0.05) is 11.8 Å². The first kappa shape index (κ1) is 8.80. The topological polar surface area (TPSA) is 38.7 Å². The van der Waals surface area contributed by atoms with E-state index in [0.29, 0.717) is 11.0 Å². The van der Waals surface area contributed by atoms with E-state index >= 15 is 0 Å². The lowest BCUT2D eigenvalue weighted by molar-refractivity contribution is -0.115. The second kappa shape index (κ2) is 2.98. The monoisotopic (exact) mass is 189 g/mol. The Balaban J connectivity index is 2.51.